The molecular weight excluding hydrogens is 717 g/mol. The van der Waals surface area contributed by atoms with E-state index in [1.165, 1.54) is 97.1 Å². The van der Waals surface area contributed by atoms with E-state index in [9.17, 15) is 50.5 Å². The van der Waals surface area contributed by atoms with Crippen molar-refractivity contribution in [3.05, 3.63) is 120 Å². The van der Waals surface area contributed by atoms with Crippen molar-refractivity contribution < 1.29 is 50.5 Å². The summed E-state index contributed by atoms with van der Waals surface area (Å²) in [5.74, 6) is -1.93. The number of phenolic OH excluding ortho intramolecular Hbond substituents is 2. The van der Waals surface area contributed by atoms with Crippen LogP contribution in [0.5, 0.6) is 11.5 Å². The third-order valence-electron chi connectivity index (χ3n) is 7.73. The van der Waals surface area contributed by atoms with Gasteiger partial charge in [0.2, 0.25) is 0 Å². The minimum Gasteiger partial charge on any atom is -0.508 e. The normalized spacial score (nSPS) is 11.6. The van der Waals surface area contributed by atoms with E-state index in [0.29, 0.717) is 10.8 Å². The second-order valence-electron chi connectivity index (χ2n) is 11.3. The van der Waals surface area contributed by atoms with Crippen molar-refractivity contribution in [3.8, 4) is 11.5 Å². The first-order valence-electron chi connectivity index (χ1n) is 14.9. The van der Waals surface area contributed by atoms with Gasteiger partial charge >= 0.3 is 6.03 Å². The molecule has 0 bridgehead atoms. The summed E-state index contributed by atoms with van der Waals surface area (Å²) in [6.07, 6.45) is 0. The number of phenols is 2. The number of amides is 4. The van der Waals surface area contributed by atoms with Crippen molar-refractivity contribution >= 4 is 82.4 Å². The number of aromatic hydroxyl groups is 2. The Kier molecular flexibility index (Phi) is 9.26. The number of nitrogens with one attached hydrogen (secondary N) is 4. The molecule has 0 saturated heterocycles. The van der Waals surface area contributed by atoms with Crippen LogP contribution in [-0.4, -0.2) is 54.0 Å². The summed E-state index contributed by atoms with van der Waals surface area (Å²) >= 11 is 0. The first kappa shape index (κ1) is 35.3. The van der Waals surface area contributed by atoms with Gasteiger partial charge in [0.15, 0.2) is 0 Å². The predicted molar refractivity (Wildman–Crippen MR) is 192 cm³/mol. The summed E-state index contributed by atoms with van der Waals surface area (Å²) in [6.45, 7) is 0. The molecule has 0 radical (unpaired) electrons. The molecule has 0 saturated carbocycles. The summed E-state index contributed by atoms with van der Waals surface area (Å²) in [5.41, 5.74) is 0.304. The largest absolute Gasteiger partial charge is 0.508 e. The van der Waals surface area contributed by atoms with Crippen molar-refractivity contribution in [1.82, 2.24) is 0 Å². The van der Waals surface area contributed by atoms with Gasteiger partial charge in [-0.2, -0.15) is 16.8 Å². The summed E-state index contributed by atoms with van der Waals surface area (Å²) in [5, 5.41) is 30.5. The molecule has 0 aliphatic rings. The SMILES string of the molecule is O=C(Nc1ccc(C(=O)Nc2ccc3ccc(O)cc3c2S(=O)(=O)O)cc1)Nc1ccc(C(=O)Nc2ccc3ccc(O)cc3c2S(=O)(=O)O)cc1. The van der Waals surface area contributed by atoms with Gasteiger partial charge in [-0.25, -0.2) is 4.79 Å². The van der Waals surface area contributed by atoms with E-state index in [0.717, 1.165) is 12.1 Å². The molecule has 0 aromatic heterocycles. The Morgan fingerprint density at radius 3 is 1.15 bits per heavy atom. The third-order valence-corrected chi connectivity index (χ3v) is 9.65. The number of urea groups is 1. The summed E-state index contributed by atoms with van der Waals surface area (Å²) in [4.78, 5) is 37.4. The Morgan fingerprint density at radius 1 is 0.462 bits per heavy atom. The number of fused-ring (bicyclic) bond motifs is 2. The zero-order chi connectivity index (χ0) is 37.4. The Labute approximate surface area is 295 Å². The lowest BCUT2D eigenvalue weighted by atomic mass is 10.1. The molecule has 15 nitrogen and oxygen atoms in total. The van der Waals surface area contributed by atoms with Crippen LogP contribution in [0.25, 0.3) is 21.5 Å². The highest BCUT2D eigenvalue weighted by Gasteiger charge is 2.23. The lowest BCUT2D eigenvalue weighted by molar-refractivity contribution is 0.101. The highest BCUT2D eigenvalue weighted by atomic mass is 32.2. The van der Waals surface area contributed by atoms with E-state index in [-0.39, 0.29) is 56.1 Å². The van der Waals surface area contributed by atoms with Crippen LogP contribution in [0.4, 0.5) is 27.5 Å². The number of benzene rings is 6. The highest BCUT2D eigenvalue weighted by Crippen LogP contribution is 2.34. The molecule has 8 N–H and O–H groups in total. The van der Waals surface area contributed by atoms with E-state index in [1.807, 2.05) is 0 Å². The number of anilines is 4. The molecule has 0 fully saturated rings. The van der Waals surface area contributed by atoms with E-state index in [2.05, 4.69) is 21.3 Å². The number of rotatable bonds is 8. The van der Waals surface area contributed by atoms with Gasteiger partial charge in [-0.3, -0.25) is 18.7 Å². The number of hydrogen-bond donors (Lipinski definition) is 8. The third kappa shape index (κ3) is 7.62. The van der Waals surface area contributed by atoms with Gasteiger partial charge in [0.1, 0.15) is 21.3 Å². The molecule has 0 spiro atoms. The van der Waals surface area contributed by atoms with E-state index < -0.39 is 47.9 Å². The monoisotopic (exact) mass is 742 g/mol. The molecule has 52 heavy (non-hydrogen) atoms. The smallest absolute Gasteiger partial charge is 0.323 e. The number of carbonyl (C=O) groups excluding carboxylic acids is 3. The fourth-order valence-electron chi connectivity index (χ4n) is 5.41. The maximum absolute atomic E-state index is 13.0. The molecule has 17 heteroatoms. The first-order valence-corrected chi connectivity index (χ1v) is 17.8. The van der Waals surface area contributed by atoms with Crippen molar-refractivity contribution in [1.29, 1.82) is 0 Å². The van der Waals surface area contributed by atoms with Crippen molar-refractivity contribution in [2.75, 3.05) is 21.3 Å². The summed E-state index contributed by atoms with van der Waals surface area (Å²) < 4.78 is 68.6. The molecule has 0 unspecified atom stereocenters. The van der Waals surface area contributed by atoms with Crippen LogP contribution < -0.4 is 21.3 Å². The lowest BCUT2D eigenvalue weighted by Crippen LogP contribution is -2.20. The Bertz CT molecular complexity index is 2460. The summed E-state index contributed by atoms with van der Waals surface area (Å²) in [6, 6.07) is 24.0. The van der Waals surface area contributed by atoms with Crippen LogP contribution in [0.1, 0.15) is 20.7 Å². The van der Waals surface area contributed by atoms with Crippen molar-refractivity contribution in [2.45, 2.75) is 9.79 Å². The predicted octanol–water partition coefficient (Wildman–Crippen LogP) is 6.05. The molecule has 4 amide bonds. The average Bonchev–Trinajstić information content (AvgIpc) is 3.07. The molecule has 0 aliphatic heterocycles. The van der Waals surface area contributed by atoms with E-state index in [4.69, 9.17) is 0 Å². The zero-order valence-electron chi connectivity index (χ0n) is 26.4. The first-order chi connectivity index (χ1) is 24.6. The van der Waals surface area contributed by atoms with Crippen LogP contribution in [0.3, 0.4) is 0 Å². The molecular formula is C35H26N4O11S2. The van der Waals surface area contributed by atoms with Crippen LogP contribution in [0, 0.1) is 0 Å². The Balaban J connectivity index is 1.09. The fraction of sp³-hybridized carbons (Fsp3) is 0. The zero-order valence-corrected chi connectivity index (χ0v) is 28.0. The van der Waals surface area contributed by atoms with Gasteiger partial charge in [-0.15, -0.1) is 0 Å². The Hall–Kier alpha value is -6.53. The molecule has 0 heterocycles. The highest BCUT2D eigenvalue weighted by molar-refractivity contribution is 7.86. The van der Waals surface area contributed by atoms with E-state index in [1.54, 1.807) is 0 Å². The lowest BCUT2D eigenvalue weighted by Gasteiger charge is -2.13. The maximum Gasteiger partial charge on any atom is 0.323 e. The Morgan fingerprint density at radius 2 is 0.808 bits per heavy atom. The van der Waals surface area contributed by atoms with Gasteiger partial charge in [0, 0.05) is 33.3 Å². The average molecular weight is 743 g/mol. The minimum absolute atomic E-state index is 0.00148. The molecule has 0 atom stereocenters. The van der Waals surface area contributed by atoms with Crippen LogP contribution in [0.15, 0.2) is 119 Å². The topological polar surface area (TPSA) is 249 Å². The second kappa shape index (κ2) is 13.6. The molecule has 6 rings (SSSR count). The minimum atomic E-state index is -4.82. The second-order valence-corrected chi connectivity index (χ2v) is 14.0. The van der Waals surface area contributed by atoms with Gasteiger partial charge in [0.25, 0.3) is 32.1 Å². The van der Waals surface area contributed by atoms with Crippen molar-refractivity contribution in [3.63, 3.8) is 0 Å². The van der Waals surface area contributed by atoms with Crippen molar-refractivity contribution in [2.24, 2.45) is 0 Å². The van der Waals surface area contributed by atoms with Crippen LogP contribution >= 0.6 is 0 Å². The fourth-order valence-corrected chi connectivity index (χ4v) is 7.11. The molecule has 264 valence electrons. The number of hydrogen-bond acceptors (Lipinski definition) is 9. The molecule has 6 aromatic rings. The maximum atomic E-state index is 13.0. The standard InChI is InChI=1S/C35H26N4O11S2/c40-25-13-5-19-7-15-29(31(27(19)17-25)51(45,46)47)38-33(42)21-1-9-23(10-2-21)36-35(44)37-24-11-3-22(4-12-24)34(43)39-30-16-8-20-6-14-26(41)18-28(20)32(30)52(48,49)50/h1-18,40-41H,(H,38,42)(H,39,43)(H2,36,37,44)(H,45,46,47)(H,48,49,50). The molecule has 0 aliphatic carbocycles. The van der Waals surface area contributed by atoms with E-state index >= 15 is 0 Å². The van der Waals surface area contributed by atoms with Crippen LogP contribution in [-0.2, 0) is 20.2 Å². The van der Waals surface area contributed by atoms with Crippen LogP contribution in [0.2, 0.25) is 0 Å². The van der Waals surface area contributed by atoms with Gasteiger partial charge in [-0.05, 0) is 95.7 Å². The number of carbonyl (C=O) groups is 3. The quantitative estimate of drug-likeness (QED) is 0.0834. The van der Waals surface area contributed by atoms with Gasteiger partial charge in [0.05, 0.1) is 11.4 Å². The summed E-state index contributed by atoms with van der Waals surface area (Å²) in [7, 11) is -9.64. The molecule has 6 aromatic carbocycles. The van der Waals surface area contributed by atoms with Gasteiger partial charge in [-0.1, -0.05) is 24.3 Å². The van der Waals surface area contributed by atoms with Gasteiger partial charge < -0.3 is 31.5 Å².